The highest BCUT2D eigenvalue weighted by molar-refractivity contribution is 8.27. The number of carbonyl (C=O) groups excluding carboxylic acids is 1. The van der Waals surface area contributed by atoms with Crippen LogP contribution in [-0.4, -0.2) is 16.8 Å². The smallest absolute Gasteiger partial charge is 0.270 e. The predicted octanol–water partition coefficient (Wildman–Crippen LogP) is 4.55. The Morgan fingerprint density at radius 3 is 2.76 bits per heavy atom. The summed E-state index contributed by atoms with van der Waals surface area (Å²) < 4.78 is 20.0. The van der Waals surface area contributed by atoms with Crippen LogP contribution in [0.15, 0.2) is 65.1 Å². The highest BCUT2D eigenvalue weighted by Crippen LogP contribution is 2.37. The summed E-state index contributed by atoms with van der Waals surface area (Å²) in [4.78, 5) is 14.4. The van der Waals surface area contributed by atoms with Crippen LogP contribution in [0.4, 0.5) is 10.1 Å². The first-order valence-electron chi connectivity index (χ1n) is 7.58. The van der Waals surface area contributed by atoms with Crippen LogP contribution in [0.5, 0.6) is 5.75 Å². The van der Waals surface area contributed by atoms with Crippen molar-refractivity contribution in [1.29, 1.82) is 0 Å². The molecular weight excluding hydrogens is 357 g/mol. The van der Waals surface area contributed by atoms with E-state index in [1.54, 1.807) is 24.3 Å². The number of halogens is 1. The molecule has 0 saturated carbocycles. The zero-order valence-corrected chi connectivity index (χ0v) is 14.6. The van der Waals surface area contributed by atoms with Crippen molar-refractivity contribution in [3.63, 3.8) is 0 Å². The average molecular weight is 369 g/mol. The first-order valence-corrected chi connectivity index (χ1v) is 8.81. The molecular formula is C19H12FNO2S2. The van der Waals surface area contributed by atoms with Crippen LogP contribution < -0.4 is 9.64 Å². The van der Waals surface area contributed by atoms with E-state index in [0.717, 1.165) is 16.9 Å². The molecule has 0 aliphatic carbocycles. The quantitative estimate of drug-likeness (QED) is 0.574. The lowest BCUT2D eigenvalue weighted by Gasteiger charge is -2.16. The molecule has 1 fully saturated rings. The molecule has 0 aromatic heterocycles. The number of hydrogen-bond donors (Lipinski definition) is 0. The first-order chi connectivity index (χ1) is 12.1. The van der Waals surface area contributed by atoms with E-state index in [2.05, 4.69) is 0 Å². The molecule has 124 valence electrons. The van der Waals surface area contributed by atoms with Crippen LogP contribution >= 0.6 is 24.0 Å². The molecule has 2 aromatic carbocycles. The van der Waals surface area contributed by atoms with E-state index in [1.165, 1.54) is 22.7 Å². The van der Waals surface area contributed by atoms with Crippen molar-refractivity contribution in [3.8, 4) is 5.75 Å². The normalized spacial score (nSPS) is 18.2. The fraction of sp³-hybridized carbons (Fsp3) is 0.0526. The van der Waals surface area contributed by atoms with Gasteiger partial charge in [0.05, 0.1) is 10.6 Å². The average Bonchev–Trinajstić information content (AvgIpc) is 2.89. The van der Waals surface area contributed by atoms with Crippen LogP contribution in [0.3, 0.4) is 0 Å². The first kappa shape index (κ1) is 16.1. The number of anilines is 1. The molecule has 2 aromatic rings. The van der Waals surface area contributed by atoms with E-state index in [4.69, 9.17) is 17.0 Å². The number of rotatable bonds is 2. The third-order valence-corrected chi connectivity index (χ3v) is 5.16. The number of carbonyl (C=O) groups is 1. The number of nitrogens with zero attached hydrogens (tertiary/aromatic N) is 1. The van der Waals surface area contributed by atoms with Gasteiger partial charge in [-0.2, -0.15) is 0 Å². The number of hydrogen-bond acceptors (Lipinski definition) is 4. The fourth-order valence-electron chi connectivity index (χ4n) is 2.69. The summed E-state index contributed by atoms with van der Waals surface area (Å²) in [5.41, 5.74) is 2.00. The Bertz CT molecular complexity index is 952. The van der Waals surface area contributed by atoms with Gasteiger partial charge in [-0.15, -0.1) is 0 Å². The van der Waals surface area contributed by atoms with Crippen LogP contribution in [0.1, 0.15) is 5.56 Å². The molecule has 2 heterocycles. The molecule has 6 heteroatoms. The summed E-state index contributed by atoms with van der Waals surface area (Å²) in [5, 5.41) is 0. The number of thioether (sulfide) groups is 1. The number of amides is 1. The molecule has 0 bridgehead atoms. The van der Waals surface area contributed by atoms with Gasteiger partial charge in [0.2, 0.25) is 0 Å². The maximum atomic E-state index is 14.0. The van der Waals surface area contributed by atoms with Gasteiger partial charge in [-0.05, 0) is 35.9 Å². The van der Waals surface area contributed by atoms with Crippen molar-refractivity contribution < 1.29 is 13.9 Å². The van der Waals surface area contributed by atoms with Crippen molar-refractivity contribution in [1.82, 2.24) is 0 Å². The summed E-state index contributed by atoms with van der Waals surface area (Å²) in [6.07, 6.45) is 3.74. The van der Waals surface area contributed by atoms with Gasteiger partial charge in [-0.25, -0.2) is 4.39 Å². The van der Waals surface area contributed by atoms with Crippen molar-refractivity contribution in [2.24, 2.45) is 0 Å². The van der Waals surface area contributed by atoms with Crippen molar-refractivity contribution >= 4 is 46.0 Å². The van der Waals surface area contributed by atoms with Crippen LogP contribution in [0, 0.1) is 5.82 Å². The minimum atomic E-state index is -0.478. The Hall–Kier alpha value is -2.44. The molecule has 0 spiro atoms. The highest BCUT2D eigenvalue weighted by Gasteiger charge is 2.34. The number of ether oxygens (including phenoxy) is 1. The SMILES string of the molecule is O=C1C(=CC2=Cc3ccccc3OC2)SC(=S)N1c1ccccc1F. The summed E-state index contributed by atoms with van der Waals surface area (Å²) in [5.74, 6) is 0.0209. The Balaban J connectivity index is 1.66. The fourth-order valence-corrected chi connectivity index (χ4v) is 3.99. The summed E-state index contributed by atoms with van der Waals surface area (Å²) in [6.45, 7) is 0.376. The largest absolute Gasteiger partial charge is 0.488 e. The topological polar surface area (TPSA) is 29.5 Å². The van der Waals surface area contributed by atoms with E-state index in [-0.39, 0.29) is 11.6 Å². The Morgan fingerprint density at radius 1 is 1.16 bits per heavy atom. The minimum absolute atomic E-state index is 0.174. The molecule has 4 rings (SSSR count). The second kappa shape index (κ2) is 6.46. The lowest BCUT2D eigenvalue weighted by Crippen LogP contribution is -2.28. The maximum absolute atomic E-state index is 14.0. The standard InChI is InChI=1S/C19H12FNO2S2/c20-14-6-2-3-7-15(14)21-18(22)17(25-19(21)24)10-12-9-13-5-1-4-8-16(13)23-11-12/h1-10H,11H2. The molecule has 25 heavy (non-hydrogen) atoms. The number of thiocarbonyl (C=S) groups is 1. The Labute approximate surface area is 153 Å². The lowest BCUT2D eigenvalue weighted by molar-refractivity contribution is -0.113. The van der Waals surface area contributed by atoms with Crippen LogP contribution in [0.25, 0.3) is 6.08 Å². The summed E-state index contributed by atoms with van der Waals surface area (Å²) >= 11 is 6.44. The number of fused-ring (bicyclic) bond motifs is 1. The van der Waals surface area contributed by atoms with E-state index in [9.17, 15) is 9.18 Å². The van der Waals surface area contributed by atoms with Crippen molar-refractivity contribution in [3.05, 3.63) is 76.5 Å². The lowest BCUT2D eigenvalue weighted by atomic mass is 10.1. The van der Waals surface area contributed by atoms with Gasteiger partial charge in [-0.1, -0.05) is 54.3 Å². The Kier molecular flexibility index (Phi) is 4.15. The maximum Gasteiger partial charge on any atom is 0.270 e. The van der Waals surface area contributed by atoms with Crippen LogP contribution in [0.2, 0.25) is 0 Å². The molecule has 0 atom stereocenters. The van der Waals surface area contributed by atoms with Gasteiger partial charge in [0.15, 0.2) is 4.32 Å². The van der Waals surface area contributed by atoms with E-state index >= 15 is 0 Å². The zero-order valence-electron chi connectivity index (χ0n) is 12.9. The second-order valence-electron chi connectivity index (χ2n) is 5.51. The third kappa shape index (κ3) is 2.99. The van der Waals surface area contributed by atoms with Crippen LogP contribution in [-0.2, 0) is 4.79 Å². The predicted molar refractivity (Wildman–Crippen MR) is 102 cm³/mol. The third-order valence-electron chi connectivity index (χ3n) is 3.86. The molecule has 3 nitrogen and oxygen atoms in total. The summed E-state index contributed by atoms with van der Waals surface area (Å²) in [7, 11) is 0. The van der Waals surface area contributed by atoms with Gasteiger partial charge in [0.1, 0.15) is 18.2 Å². The highest BCUT2D eigenvalue weighted by atomic mass is 32.2. The molecule has 0 radical (unpaired) electrons. The van der Waals surface area contributed by atoms with E-state index in [1.807, 2.05) is 30.3 Å². The Morgan fingerprint density at radius 2 is 1.92 bits per heavy atom. The molecule has 1 amide bonds. The van der Waals surface area contributed by atoms with E-state index < -0.39 is 5.82 Å². The zero-order chi connectivity index (χ0) is 17.4. The van der Waals surface area contributed by atoms with Gasteiger partial charge in [-0.3, -0.25) is 9.69 Å². The van der Waals surface area contributed by atoms with Crippen molar-refractivity contribution in [2.45, 2.75) is 0 Å². The molecule has 1 saturated heterocycles. The minimum Gasteiger partial charge on any atom is -0.488 e. The van der Waals surface area contributed by atoms with E-state index in [0.29, 0.717) is 15.8 Å². The monoisotopic (exact) mass is 369 g/mol. The summed E-state index contributed by atoms with van der Waals surface area (Å²) in [6, 6.07) is 13.8. The molecule has 0 N–H and O–H groups in total. The molecule has 0 unspecified atom stereocenters. The number of benzene rings is 2. The number of para-hydroxylation sites is 2. The van der Waals surface area contributed by atoms with Gasteiger partial charge >= 0.3 is 0 Å². The second-order valence-corrected chi connectivity index (χ2v) is 7.19. The molecule has 2 aliphatic rings. The molecule has 2 aliphatic heterocycles. The van der Waals surface area contributed by atoms with Gasteiger partial charge in [0.25, 0.3) is 5.91 Å². The van der Waals surface area contributed by atoms with Crippen molar-refractivity contribution in [2.75, 3.05) is 11.5 Å². The van der Waals surface area contributed by atoms with Gasteiger partial charge < -0.3 is 4.74 Å². The van der Waals surface area contributed by atoms with Gasteiger partial charge in [0, 0.05) is 5.56 Å².